The zero-order valence-corrected chi connectivity index (χ0v) is 15.4. The molecule has 138 valence electrons. The van der Waals surface area contributed by atoms with Crippen molar-refractivity contribution in [1.29, 1.82) is 0 Å². The number of nitrogens with one attached hydrogen (secondary N) is 1. The molecule has 1 aromatic carbocycles. The van der Waals surface area contributed by atoms with Gasteiger partial charge in [-0.2, -0.15) is 0 Å². The normalized spacial score (nSPS) is 12.9. The molecule has 0 unspecified atom stereocenters. The molecule has 1 aliphatic rings. The maximum Gasteiger partial charge on any atom is 0.239 e. The number of carbonyl (C=O) groups is 1. The summed E-state index contributed by atoms with van der Waals surface area (Å²) in [6.45, 7) is 2.70. The number of fused-ring (bicyclic) bond motifs is 2. The highest BCUT2D eigenvalue weighted by Gasteiger charge is 2.16. The van der Waals surface area contributed by atoms with Crippen LogP contribution in [0.5, 0.6) is 0 Å². The standard InChI is InChI=1S/C21H22N4O2/c1-14-15-6-4-7-17(15)24-20(23-14)9-11-22-21(27)13-25-12-10-19(26)16-5-2-3-8-18(16)25/h2-3,5,8,10,12H,4,6-7,9,11,13H2,1H3,(H,22,27). The number of hydrogen-bond donors (Lipinski definition) is 1. The van der Waals surface area contributed by atoms with Crippen molar-refractivity contribution < 1.29 is 4.79 Å². The summed E-state index contributed by atoms with van der Waals surface area (Å²) in [5, 5.41) is 3.55. The second-order valence-electron chi connectivity index (χ2n) is 6.93. The van der Waals surface area contributed by atoms with Crippen molar-refractivity contribution in [1.82, 2.24) is 19.9 Å². The summed E-state index contributed by atoms with van der Waals surface area (Å²) in [5.74, 6) is 0.698. The van der Waals surface area contributed by atoms with Gasteiger partial charge in [-0.05, 0) is 43.9 Å². The summed E-state index contributed by atoms with van der Waals surface area (Å²) in [5.41, 5.74) is 4.26. The van der Waals surface area contributed by atoms with Crippen molar-refractivity contribution in [2.24, 2.45) is 0 Å². The van der Waals surface area contributed by atoms with Crippen LogP contribution in [0.4, 0.5) is 0 Å². The van der Waals surface area contributed by atoms with Crippen molar-refractivity contribution in [3.05, 3.63) is 69.5 Å². The number of amides is 1. The molecule has 4 rings (SSSR count). The molecule has 0 bridgehead atoms. The topological polar surface area (TPSA) is 76.9 Å². The van der Waals surface area contributed by atoms with E-state index in [0.29, 0.717) is 18.4 Å². The Kier molecular flexibility index (Phi) is 4.71. The Morgan fingerprint density at radius 3 is 2.93 bits per heavy atom. The van der Waals surface area contributed by atoms with E-state index in [1.54, 1.807) is 16.8 Å². The highest BCUT2D eigenvalue weighted by Crippen LogP contribution is 2.22. The fourth-order valence-corrected chi connectivity index (χ4v) is 3.72. The second-order valence-corrected chi connectivity index (χ2v) is 6.93. The van der Waals surface area contributed by atoms with Crippen LogP contribution in [0.3, 0.4) is 0 Å². The van der Waals surface area contributed by atoms with Gasteiger partial charge in [-0.15, -0.1) is 0 Å². The van der Waals surface area contributed by atoms with Crippen LogP contribution in [-0.2, 0) is 30.6 Å². The van der Waals surface area contributed by atoms with Gasteiger partial charge >= 0.3 is 0 Å². The van der Waals surface area contributed by atoms with Gasteiger partial charge < -0.3 is 9.88 Å². The Morgan fingerprint density at radius 1 is 1.19 bits per heavy atom. The first-order valence-electron chi connectivity index (χ1n) is 9.32. The third kappa shape index (κ3) is 3.60. The summed E-state index contributed by atoms with van der Waals surface area (Å²) < 4.78 is 1.79. The molecule has 0 spiro atoms. The molecule has 0 aliphatic heterocycles. The van der Waals surface area contributed by atoms with Crippen molar-refractivity contribution in [3.63, 3.8) is 0 Å². The lowest BCUT2D eigenvalue weighted by molar-refractivity contribution is -0.121. The second kappa shape index (κ2) is 7.31. The summed E-state index contributed by atoms with van der Waals surface area (Å²) in [6, 6.07) is 8.82. The number of rotatable bonds is 5. The number of nitrogens with zero attached hydrogens (tertiary/aromatic N) is 3. The van der Waals surface area contributed by atoms with E-state index in [1.165, 1.54) is 17.3 Å². The molecular formula is C21H22N4O2. The lowest BCUT2D eigenvalue weighted by Crippen LogP contribution is -2.30. The molecular weight excluding hydrogens is 340 g/mol. The Morgan fingerprint density at radius 2 is 2.04 bits per heavy atom. The van der Waals surface area contributed by atoms with Gasteiger partial charge in [0.25, 0.3) is 0 Å². The van der Waals surface area contributed by atoms with Gasteiger partial charge in [0.1, 0.15) is 12.4 Å². The zero-order chi connectivity index (χ0) is 18.8. The fourth-order valence-electron chi connectivity index (χ4n) is 3.72. The molecule has 2 heterocycles. The van der Waals surface area contributed by atoms with Gasteiger partial charge in [0.05, 0.1) is 5.52 Å². The Labute approximate surface area is 157 Å². The Hall–Kier alpha value is -3.02. The highest BCUT2D eigenvalue weighted by atomic mass is 16.2. The molecule has 27 heavy (non-hydrogen) atoms. The van der Waals surface area contributed by atoms with Crippen molar-refractivity contribution in [2.75, 3.05) is 6.54 Å². The Bertz CT molecular complexity index is 1070. The van der Waals surface area contributed by atoms with E-state index in [0.717, 1.165) is 36.3 Å². The lowest BCUT2D eigenvalue weighted by Gasteiger charge is -2.11. The van der Waals surface area contributed by atoms with Crippen molar-refractivity contribution in [2.45, 2.75) is 39.2 Å². The first-order chi connectivity index (χ1) is 13.1. The molecule has 1 aliphatic carbocycles. The minimum atomic E-state index is -0.0957. The number of aromatic nitrogens is 3. The monoisotopic (exact) mass is 362 g/mol. The van der Waals surface area contributed by atoms with E-state index < -0.39 is 0 Å². The third-order valence-corrected chi connectivity index (χ3v) is 5.06. The van der Waals surface area contributed by atoms with E-state index in [9.17, 15) is 9.59 Å². The molecule has 6 nitrogen and oxygen atoms in total. The number of hydrogen-bond acceptors (Lipinski definition) is 4. The van der Waals surface area contributed by atoms with Gasteiger partial charge in [0.2, 0.25) is 5.91 Å². The molecule has 6 heteroatoms. The van der Waals surface area contributed by atoms with Crippen LogP contribution in [0.2, 0.25) is 0 Å². The van der Waals surface area contributed by atoms with E-state index in [4.69, 9.17) is 0 Å². The van der Waals surface area contributed by atoms with Gasteiger partial charge in [-0.25, -0.2) is 9.97 Å². The van der Waals surface area contributed by atoms with Crippen LogP contribution in [-0.4, -0.2) is 27.0 Å². The van der Waals surface area contributed by atoms with Crippen molar-refractivity contribution in [3.8, 4) is 0 Å². The maximum atomic E-state index is 12.3. The molecule has 0 saturated heterocycles. The average Bonchev–Trinajstić information content (AvgIpc) is 3.14. The summed E-state index contributed by atoms with van der Waals surface area (Å²) in [4.78, 5) is 33.5. The molecule has 0 atom stereocenters. The average molecular weight is 362 g/mol. The number of carbonyl (C=O) groups excluding carboxylic acids is 1. The number of pyridine rings is 1. The largest absolute Gasteiger partial charge is 0.354 e. The molecule has 1 amide bonds. The summed E-state index contributed by atoms with van der Waals surface area (Å²) in [7, 11) is 0. The van der Waals surface area contributed by atoms with Crippen LogP contribution >= 0.6 is 0 Å². The number of para-hydroxylation sites is 1. The smallest absolute Gasteiger partial charge is 0.239 e. The third-order valence-electron chi connectivity index (χ3n) is 5.06. The van der Waals surface area contributed by atoms with Crippen molar-refractivity contribution >= 4 is 16.8 Å². The minimum Gasteiger partial charge on any atom is -0.354 e. The number of benzene rings is 1. The fraction of sp³-hybridized carbons (Fsp3) is 0.333. The predicted octanol–water partition coefficient (Wildman–Crippen LogP) is 1.95. The van der Waals surface area contributed by atoms with E-state index >= 15 is 0 Å². The van der Waals surface area contributed by atoms with Crippen LogP contribution in [0.15, 0.2) is 41.3 Å². The molecule has 2 aromatic heterocycles. The zero-order valence-electron chi connectivity index (χ0n) is 15.4. The molecule has 3 aromatic rings. The molecule has 1 N–H and O–H groups in total. The quantitative estimate of drug-likeness (QED) is 0.753. The molecule has 0 fully saturated rings. The van der Waals surface area contributed by atoms with Crippen LogP contribution < -0.4 is 10.7 Å². The SMILES string of the molecule is Cc1nc(CCNC(=O)Cn2ccc(=O)c3ccccc32)nc2c1CCC2. The first kappa shape index (κ1) is 17.4. The van der Waals surface area contributed by atoms with Crippen LogP contribution in [0.25, 0.3) is 10.9 Å². The summed E-state index contributed by atoms with van der Waals surface area (Å²) in [6.07, 6.45) is 5.53. The van der Waals surface area contributed by atoms with Gasteiger partial charge in [-0.3, -0.25) is 9.59 Å². The first-order valence-corrected chi connectivity index (χ1v) is 9.32. The Balaban J connectivity index is 1.39. The molecule has 0 saturated carbocycles. The van der Waals surface area contributed by atoms with Crippen LogP contribution in [0.1, 0.15) is 29.2 Å². The van der Waals surface area contributed by atoms with Gasteiger partial charge in [0, 0.05) is 42.0 Å². The lowest BCUT2D eigenvalue weighted by atomic mass is 10.2. The van der Waals surface area contributed by atoms with Gasteiger partial charge in [-0.1, -0.05) is 12.1 Å². The highest BCUT2D eigenvalue weighted by molar-refractivity contribution is 5.82. The minimum absolute atomic E-state index is 0.0358. The van der Waals surface area contributed by atoms with E-state index in [-0.39, 0.29) is 17.9 Å². The maximum absolute atomic E-state index is 12.3. The van der Waals surface area contributed by atoms with Gasteiger partial charge in [0.15, 0.2) is 5.43 Å². The number of aryl methyl sites for hydroxylation is 2. The molecule has 0 radical (unpaired) electrons. The van der Waals surface area contributed by atoms with Crippen LogP contribution in [0, 0.1) is 6.92 Å². The van der Waals surface area contributed by atoms with E-state index in [1.807, 2.05) is 25.1 Å². The van der Waals surface area contributed by atoms with E-state index in [2.05, 4.69) is 15.3 Å². The summed E-state index contributed by atoms with van der Waals surface area (Å²) >= 11 is 0. The predicted molar refractivity (Wildman–Crippen MR) is 104 cm³/mol.